The van der Waals surface area contributed by atoms with Crippen LogP contribution in [0.4, 0.5) is 10.5 Å². The van der Waals surface area contributed by atoms with Crippen molar-refractivity contribution in [3.05, 3.63) is 24.3 Å². The Balaban J connectivity index is 1.49. The molecule has 156 valence electrons. The number of imide groups is 1. The summed E-state index contributed by atoms with van der Waals surface area (Å²) in [6.07, 6.45) is 1.80. The Morgan fingerprint density at radius 1 is 1.24 bits per heavy atom. The highest BCUT2D eigenvalue weighted by Gasteiger charge is 2.52. The largest absolute Gasteiger partial charge is 0.495 e. The maximum atomic E-state index is 12.6. The van der Waals surface area contributed by atoms with Gasteiger partial charge in [0.25, 0.3) is 11.8 Å². The first-order valence-corrected chi connectivity index (χ1v) is 9.64. The molecule has 29 heavy (non-hydrogen) atoms. The average molecular weight is 403 g/mol. The van der Waals surface area contributed by atoms with Gasteiger partial charge in [-0.15, -0.1) is 0 Å². The molecule has 0 radical (unpaired) electrons. The molecule has 1 aromatic carbocycles. The molecule has 2 N–H and O–H groups in total. The van der Waals surface area contributed by atoms with Crippen LogP contribution in [0.5, 0.6) is 5.75 Å². The van der Waals surface area contributed by atoms with Gasteiger partial charge in [0.1, 0.15) is 11.3 Å². The fourth-order valence-corrected chi connectivity index (χ4v) is 3.69. The second-order valence-corrected chi connectivity index (χ2v) is 7.25. The fraction of sp³-hybridized carbons (Fsp3) is 0.500. The molecule has 1 heterocycles. The van der Waals surface area contributed by atoms with Crippen LogP contribution < -0.4 is 15.4 Å². The maximum Gasteiger partial charge on any atom is 0.325 e. The van der Waals surface area contributed by atoms with Crippen LogP contribution in [0, 0.1) is 0 Å². The number of hydrogen-bond donors (Lipinski definition) is 2. The van der Waals surface area contributed by atoms with Crippen molar-refractivity contribution < 1.29 is 28.7 Å². The third-order valence-corrected chi connectivity index (χ3v) is 5.28. The van der Waals surface area contributed by atoms with Crippen LogP contribution in [0.15, 0.2) is 24.3 Å². The summed E-state index contributed by atoms with van der Waals surface area (Å²) in [5.41, 5.74) is -0.341. The van der Waals surface area contributed by atoms with Gasteiger partial charge in [-0.25, -0.2) is 4.79 Å². The molecule has 1 atom stereocenters. The number of carbonyl (C=O) groups is 4. The number of ether oxygens (including phenoxy) is 2. The Bertz CT molecular complexity index is 818. The number of amides is 4. The highest BCUT2D eigenvalue weighted by molar-refractivity contribution is 6.07. The van der Waals surface area contributed by atoms with Crippen LogP contribution in [-0.4, -0.2) is 54.0 Å². The van der Waals surface area contributed by atoms with E-state index in [-0.39, 0.29) is 18.9 Å². The van der Waals surface area contributed by atoms with Gasteiger partial charge in [-0.3, -0.25) is 19.3 Å². The van der Waals surface area contributed by atoms with E-state index in [2.05, 4.69) is 10.6 Å². The lowest BCUT2D eigenvalue weighted by Crippen LogP contribution is -2.44. The lowest BCUT2D eigenvalue weighted by molar-refractivity contribution is -0.153. The Hall–Kier alpha value is -3.10. The number of hydrogen-bond acceptors (Lipinski definition) is 6. The number of para-hydroxylation sites is 2. The number of esters is 1. The van der Waals surface area contributed by atoms with Crippen LogP contribution in [0.2, 0.25) is 0 Å². The lowest BCUT2D eigenvalue weighted by atomic mass is 9.98. The standard InChI is InChI=1S/C20H25N3O6/c1-13(17(25)21-14-7-3-4-8-15(14)28-2)29-16(24)9-12-23-18(26)20(22-19(23)27)10-5-6-11-20/h3-4,7-8,13H,5-6,9-12H2,1-2H3,(H,21,25)(H,22,27)/t13-/m0/s1. The van der Waals surface area contributed by atoms with Gasteiger partial charge in [0.05, 0.1) is 19.2 Å². The molecule has 1 saturated heterocycles. The molecule has 1 aliphatic carbocycles. The van der Waals surface area contributed by atoms with Crippen molar-refractivity contribution in [1.29, 1.82) is 0 Å². The summed E-state index contributed by atoms with van der Waals surface area (Å²) >= 11 is 0. The Morgan fingerprint density at radius 2 is 1.93 bits per heavy atom. The number of nitrogens with one attached hydrogen (secondary N) is 2. The van der Waals surface area contributed by atoms with Crippen LogP contribution in [0.3, 0.4) is 0 Å². The number of benzene rings is 1. The van der Waals surface area contributed by atoms with Crippen molar-refractivity contribution in [3.63, 3.8) is 0 Å². The van der Waals surface area contributed by atoms with Crippen molar-refractivity contribution >= 4 is 29.5 Å². The second-order valence-electron chi connectivity index (χ2n) is 7.25. The first-order valence-electron chi connectivity index (χ1n) is 9.64. The normalized spacial score (nSPS) is 18.5. The predicted octanol–water partition coefficient (Wildman–Crippen LogP) is 1.82. The van der Waals surface area contributed by atoms with E-state index >= 15 is 0 Å². The van der Waals surface area contributed by atoms with E-state index in [1.54, 1.807) is 24.3 Å². The zero-order valence-corrected chi connectivity index (χ0v) is 16.5. The lowest BCUT2D eigenvalue weighted by Gasteiger charge is -2.20. The molecule has 9 nitrogen and oxygen atoms in total. The van der Waals surface area contributed by atoms with Crippen molar-refractivity contribution in [3.8, 4) is 5.75 Å². The minimum Gasteiger partial charge on any atom is -0.495 e. The third kappa shape index (κ3) is 4.33. The summed E-state index contributed by atoms with van der Waals surface area (Å²) in [5.74, 6) is -0.975. The molecular formula is C20H25N3O6. The molecule has 1 aliphatic heterocycles. The number of nitrogens with zero attached hydrogens (tertiary/aromatic N) is 1. The van der Waals surface area contributed by atoms with Gasteiger partial charge in [0.15, 0.2) is 6.10 Å². The van der Waals surface area contributed by atoms with Crippen molar-refractivity contribution in [2.75, 3.05) is 19.0 Å². The summed E-state index contributed by atoms with van der Waals surface area (Å²) in [6.45, 7) is 1.37. The minimum absolute atomic E-state index is 0.0773. The van der Waals surface area contributed by atoms with E-state index in [0.29, 0.717) is 24.3 Å². The molecule has 4 amide bonds. The summed E-state index contributed by atoms with van der Waals surface area (Å²) in [7, 11) is 1.49. The van der Waals surface area contributed by atoms with Gasteiger partial charge in [-0.05, 0) is 31.9 Å². The van der Waals surface area contributed by atoms with Crippen LogP contribution >= 0.6 is 0 Å². The number of rotatable bonds is 7. The molecule has 1 saturated carbocycles. The third-order valence-electron chi connectivity index (χ3n) is 5.28. The molecule has 2 fully saturated rings. The summed E-state index contributed by atoms with van der Waals surface area (Å²) in [4.78, 5) is 50.1. The zero-order valence-electron chi connectivity index (χ0n) is 16.5. The van der Waals surface area contributed by atoms with E-state index in [4.69, 9.17) is 9.47 Å². The van der Waals surface area contributed by atoms with E-state index < -0.39 is 29.6 Å². The molecule has 0 aromatic heterocycles. The van der Waals surface area contributed by atoms with Crippen molar-refractivity contribution in [2.45, 2.75) is 50.7 Å². The van der Waals surface area contributed by atoms with E-state index in [0.717, 1.165) is 17.7 Å². The second kappa shape index (κ2) is 8.50. The predicted molar refractivity (Wildman–Crippen MR) is 103 cm³/mol. The smallest absolute Gasteiger partial charge is 0.325 e. The molecule has 0 bridgehead atoms. The summed E-state index contributed by atoms with van der Waals surface area (Å²) < 4.78 is 10.3. The van der Waals surface area contributed by atoms with Crippen LogP contribution in [0.25, 0.3) is 0 Å². The average Bonchev–Trinajstić information content (AvgIpc) is 3.26. The number of methoxy groups -OCH3 is 1. The SMILES string of the molecule is COc1ccccc1NC(=O)[C@H](C)OC(=O)CCN1C(=O)NC2(CCCC2)C1=O. The van der Waals surface area contributed by atoms with Crippen molar-refractivity contribution in [2.24, 2.45) is 0 Å². The van der Waals surface area contributed by atoms with E-state index in [1.807, 2.05) is 0 Å². The molecule has 2 aliphatic rings. The molecular weight excluding hydrogens is 378 g/mol. The molecule has 0 unspecified atom stereocenters. The monoisotopic (exact) mass is 403 g/mol. The highest BCUT2D eigenvalue weighted by atomic mass is 16.5. The van der Waals surface area contributed by atoms with Gasteiger partial charge in [0.2, 0.25) is 0 Å². The summed E-state index contributed by atoms with van der Waals surface area (Å²) in [6, 6.07) is 6.39. The van der Waals surface area contributed by atoms with Gasteiger partial charge in [-0.1, -0.05) is 25.0 Å². The number of anilines is 1. The molecule has 3 rings (SSSR count). The van der Waals surface area contributed by atoms with E-state index in [9.17, 15) is 19.2 Å². The quantitative estimate of drug-likeness (QED) is 0.530. The Labute approximate surface area is 168 Å². The minimum atomic E-state index is -1.04. The molecule has 9 heteroatoms. The van der Waals surface area contributed by atoms with Gasteiger partial charge >= 0.3 is 12.0 Å². The van der Waals surface area contributed by atoms with Gasteiger partial charge < -0.3 is 20.1 Å². The highest BCUT2D eigenvalue weighted by Crippen LogP contribution is 2.35. The number of urea groups is 1. The van der Waals surface area contributed by atoms with Crippen molar-refractivity contribution in [1.82, 2.24) is 10.2 Å². The van der Waals surface area contributed by atoms with Gasteiger partial charge in [-0.2, -0.15) is 0 Å². The maximum absolute atomic E-state index is 12.6. The fourth-order valence-electron chi connectivity index (χ4n) is 3.69. The summed E-state index contributed by atoms with van der Waals surface area (Å²) in [5, 5.41) is 5.40. The van der Waals surface area contributed by atoms with Crippen LogP contribution in [0.1, 0.15) is 39.0 Å². The van der Waals surface area contributed by atoms with Gasteiger partial charge in [0, 0.05) is 6.54 Å². The number of carbonyl (C=O) groups excluding carboxylic acids is 4. The molecule has 1 aromatic rings. The zero-order chi connectivity index (χ0) is 21.0. The van der Waals surface area contributed by atoms with E-state index in [1.165, 1.54) is 14.0 Å². The Morgan fingerprint density at radius 3 is 2.62 bits per heavy atom. The topological polar surface area (TPSA) is 114 Å². The first kappa shape index (κ1) is 20.6. The first-order chi connectivity index (χ1) is 13.9. The van der Waals surface area contributed by atoms with Crippen LogP contribution in [-0.2, 0) is 19.1 Å². The molecule has 1 spiro atoms. The Kier molecular flexibility index (Phi) is 6.05.